The molecule has 0 spiro atoms. The number of anilines is 4. The van der Waals surface area contributed by atoms with E-state index >= 15 is 0 Å². The zero-order chi connectivity index (χ0) is 26.2. The third-order valence-electron chi connectivity index (χ3n) is 7.43. The molecule has 2 fully saturated rings. The summed E-state index contributed by atoms with van der Waals surface area (Å²) in [5.41, 5.74) is 3.55. The maximum Gasteiger partial charge on any atom is 0.229 e. The minimum absolute atomic E-state index is 0.436. The summed E-state index contributed by atoms with van der Waals surface area (Å²) in [6, 6.07) is 5.08. The predicted molar refractivity (Wildman–Crippen MR) is 155 cm³/mol. The lowest BCUT2D eigenvalue weighted by molar-refractivity contribution is 0.0405. The number of benzene rings is 1. The Morgan fingerprint density at radius 1 is 0.947 bits per heavy atom. The van der Waals surface area contributed by atoms with Crippen LogP contribution in [0.15, 0.2) is 43.1 Å². The van der Waals surface area contributed by atoms with Crippen LogP contribution in [-0.2, 0) is 0 Å². The highest BCUT2D eigenvalue weighted by molar-refractivity contribution is 7.65. The van der Waals surface area contributed by atoms with E-state index in [4.69, 9.17) is 11.6 Å². The predicted octanol–water partition coefficient (Wildman–Crippen LogP) is 4.07. The third kappa shape index (κ3) is 5.18. The van der Waals surface area contributed by atoms with E-state index in [2.05, 4.69) is 70.5 Å². The number of rotatable bonds is 7. The summed E-state index contributed by atoms with van der Waals surface area (Å²) in [6.45, 7) is 9.04. The number of fused-ring (bicyclic) bond motifs is 1. The van der Waals surface area contributed by atoms with E-state index in [-0.39, 0.29) is 0 Å². The molecule has 198 valence electrons. The van der Waals surface area contributed by atoms with Crippen LogP contribution in [0, 0.1) is 0 Å². The molecule has 1 saturated carbocycles. The maximum absolute atomic E-state index is 6.50. The normalized spacial score (nSPS) is 20.6. The molecule has 1 aliphatic carbocycles. The van der Waals surface area contributed by atoms with Crippen LogP contribution >= 0.6 is 19.5 Å². The second-order valence-corrected chi connectivity index (χ2v) is 12.9. The minimum atomic E-state index is -0.462. The number of piperazine rings is 1. The number of nitrogens with one attached hydrogen (secondary N) is 2. The van der Waals surface area contributed by atoms with Gasteiger partial charge in [0.05, 0.1) is 35.2 Å². The average molecular weight is 551 g/mol. The minimum Gasteiger partial charge on any atom is -0.338 e. The third-order valence-corrected chi connectivity index (χ3v) is 9.06. The van der Waals surface area contributed by atoms with Crippen LogP contribution in [-0.4, -0.2) is 92.1 Å². The fourth-order valence-corrected chi connectivity index (χ4v) is 6.56. The number of likely N-dealkylation sites (N-methyl/N-ethyl adjacent to an activating group) is 1. The molecule has 38 heavy (non-hydrogen) atoms. The molecule has 0 bridgehead atoms. The van der Waals surface area contributed by atoms with E-state index in [9.17, 15) is 0 Å². The highest BCUT2D eigenvalue weighted by atomic mass is 35.5. The van der Waals surface area contributed by atoms with Gasteiger partial charge in [0.2, 0.25) is 5.95 Å². The largest absolute Gasteiger partial charge is 0.338 e. The Bertz CT molecular complexity index is 1430. The van der Waals surface area contributed by atoms with E-state index in [1.807, 2.05) is 24.5 Å². The molecule has 2 N–H and O–H groups in total. The summed E-state index contributed by atoms with van der Waals surface area (Å²) in [5.74, 6) is 0.990. The maximum atomic E-state index is 6.50. The molecule has 4 heterocycles. The summed E-state index contributed by atoms with van der Waals surface area (Å²) in [7, 11) is 1.74. The van der Waals surface area contributed by atoms with Crippen molar-refractivity contribution in [3.05, 3.63) is 48.1 Å². The second-order valence-electron chi connectivity index (χ2n) is 10.2. The standard InChI is InChI=1S/C26H32ClN10P/c1-35-8-10-36(11-9-35)18-12-19(13-18)37-16-17(14-31-37)32-26-30-15-20(27)25(34-26)33-22-5-4-21-23(24(22)38(2)3)29-7-6-28-21/h4-7,14-16,18-19H,8-13H2,1-3H3,(H2,30,32,33,34). The fraction of sp³-hybridized carbons (Fsp3) is 0.423. The van der Waals surface area contributed by atoms with Crippen LogP contribution in [0.2, 0.25) is 5.02 Å². The average Bonchev–Trinajstić information content (AvgIpc) is 3.33. The van der Waals surface area contributed by atoms with Gasteiger partial charge in [0.15, 0.2) is 5.82 Å². The van der Waals surface area contributed by atoms with Crippen molar-refractivity contribution < 1.29 is 0 Å². The van der Waals surface area contributed by atoms with Crippen molar-refractivity contribution >= 4 is 59.0 Å². The Balaban J connectivity index is 1.14. The Morgan fingerprint density at radius 3 is 2.53 bits per heavy atom. The molecule has 2 aliphatic rings. The van der Waals surface area contributed by atoms with Crippen molar-refractivity contribution in [1.82, 2.24) is 39.5 Å². The second kappa shape index (κ2) is 10.7. The molecule has 1 aromatic carbocycles. The van der Waals surface area contributed by atoms with Crippen molar-refractivity contribution in [3.63, 3.8) is 0 Å². The molecule has 12 heteroatoms. The lowest BCUT2D eigenvalue weighted by Crippen LogP contribution is -2.53. The molecular weight excluding hydrogens is 519 g/mol. The highest BCUT2D eigenvalue weighted by Crippen LogP contribution is 2.37. The van der Waals surface area contributed by atoms with Gasteiger partial charge in [-0.05, 0) is 45.4 Å². The summed E-state index contributed by atoms with van der Waals surface area (Å²) < 4.78 is 2.07. The Hall–Kier alpha value is -2.91. The van der Waals surface area contributed by atoms with Crippen molar-refractivity contribution in [2.75, 3.05) is 57.2 Å². The summed E-state index contributed by atoms with van der Waals surface area (Å²) in [4.78, 5) is 23.1. The van der Waals surface area contributed by atoms with Crippen LogP contribution < -0.4 is 15.9 Å². The van der Waals surface area contributed by atoms with Crippen LogP contribution in [0.25, 0.3) is 11.0 Å². The molecule has 1 saturated heterocycles. The van der Waals surface area contributed by atoms with Crippen molar-refractivity contribution in [3.8, 4) is 0 Å². The first kappa shape index (κ1) is 25.4. The quantitative estimate of drug-likeness (QED) is 0.330. The van der Waals surface area contributed by atoms with Crippen LogP contribution in [0.3, 0.4) is 0 Å². The van der Waals surface area contributed by atoms with E-state index in [1.165, 1.54) is 0 Å². The van der Waals surface area contributed by atoms with Crippen LogP contribution in [0.4, 0.5) is 23.1 Å². The number of hydrogen-bond donors (Lipinski definition) is 2. The van der Waals surface area contributed by atoms with E-state index in [1.54, 1.807) is 18.6 Å². The van der Waals surface area contributed by atoms with Gasteiger partial charge in [0, 0.05) is 61.8 Å². The highest BCUT2D eigenvalue weighted by Gasteiger charge is 2.36. The zero-order valence-corrected chi connectivity index (χ0v) is 23.5. The topological polar surface area (TPSA) is 99.9 Å². The van der Waals surface area contributed by atoms with Crippen molar-refractivity contribution in [2.24, 2.45) is 0 Å². The lowest BCUT2D eigenvalue weighted by Gasteiger charge is -2.45. The summed E-state index contributed by atoms with van der Waals surface area (Å²) in [6.07, 6.45) is 11.2. The summed E-state index contributed by atoms with van der Waals surface area (Å²) in [5, 5.41) is 12.9. The van der Waals surface area contributed by atoms with Gasteiger partial charge in [-0.25, -0.2) is 4.98 Å². The Kier molecular flexibility index (Phi) is 7.14. The number of halogens is 1. The van der Waals surface area contributed by atoms with Crippen LogP contribution in [0.1, 0.15) is 18.9 Å². The van der Waals surface area contributed by atoms with E-state index < -0.39 is 7.92 Å². The molecule has 4 aromatic rings. The van der Waals surface area contributed by atoms with Gasteiger partial charge in [0.25, 0.3) is 0 Å². The lowest BCUT2D eigenvalue weighted by atomic mass is 9.85. The first-order chi connectivity index (χ1) is 18.4. The monoisotopic (exact) mass is 550 g/mol. The molecular formula is C26H32ClN10P. The molecule has 3 aromatic heterocycles. The first-order valence-electron chi connectivity index (χ1n) is 12.9. The van der Waals surface area contributed by atoms with Crippen molar-refractivity contribution in [2.45, 2.75) is 24.9 Å². The van der Waals surface area contributed by atoms with Gasteiger partial charge in [0.1, 0.15) is 5.02 Å². The molecule has 0 unspecified atom stereocenters. The SMILES string of the molecule is CN1CCN(C2CC(n3cc(Nc4ncc(Cl)c(Nc5ccc6nccnc6c5P(C)C)n4)cn3)C2)CC1. The molecule has 0 atom stereocenters. The first-order valence-corrected chi connectivity index (χ1v) is 15.5. The van der Waals surface area contributed by atoms with Crippen LogP contribution in [0.5, 0.6) is 0 Å². The van der Waals surface area contributed by atoms with Gasteiger partial charge in [-0.1, -0.05) is 19.5 Å². The van der Waals surface area contributed by atoms with E-state index in [0.29, 0.717) is 28.9 Å². The van der Waals surface area contributed by atoms with Gasteiger partial charge < -0.3 is 15.5 Å². The van der Waals surface area contributed by atoms with Gasteiger partial charge in [-0.3, -0.25) is 19.5 Å². The van der Waals surface area contributed by atoms with Gasteiger partial charge >= 0.3 is 0 Å². The smallest absolute Gasteiger partial charge is 0.229 e. The molecule has 10 nitrogen and oxygen atoms in total. The van der Waals surface area contributed by atoms with Crippen molar-refractivity contribution in [1.29, 1.82) is 0 Å². The molecule has 0 amide bonds. The number of aromatic nitrogens is 6. The Morgan fingerprint density at radius 2 is 1.74 bits per heavy atom. The molecule has 6 rings (SSSR count). The molecule has 0 radical (unpaired) electrons. The Labute approximate surface area is 228 Å². The number of nitrogens with zero attached hydrogens (tertiary/aromatic N) is 8. The van der Waals surface area contributed by atoms with Gasteiger partial charge in [-0.15, -0.1) is 0 Å². The fourth-order valence-electron chi connectivity index (χ4n) is 5.21. The molecule has 1 aliphatic heterocycles. The number of hydrogen-bond acceptors (Lipinski definition) is 9. The zero-order valence-electron chi connectivity index (χ0n) is 21.8. The summed E-state index contributed by atoms with van der Waals surface area (Å²) >= 11 is 6.50. The van der Waals surface area contributed by atoms with Gasteiger partial charge in [-0.2, -0.15) is 10.1 Å². The van der Waals surface area contributed by atoms with E-state index in [0.717, 1.165) is 66.7 Å².